The van der Waals surface area contributed by atoms with E-state index in [2.05, 4.69) is 10.6 Å². The van der Waals surface area contributed by atoms with Gasteiger partial charge >= 0.3 is 11.8 Å². The number of para-hydroxylation sites is 2. The molecule has 1 unspecified atom stereocenters. The first-order chi connectivity index (χ1) is 10.7. The van der Waals surface area contributed by atoms with Crippen LogP contribution in [0.25, 0.3) is 0 Å². The van der Waals surface area contributed by atoms with Gasteiger partial charge in [-0.15, -0.1) is 0 Å². The van der Waals surface area contributed by atoms with E-state index in [-0.39, 0.29) is 12.6 Å². The lowest BCUT2D eigenvalue weighted by molar-refractivity contribution is -0.139. The van der Waals surface area contributed by atoms with Crippen LogP contribution < -0.4 is 20.1 Å². The van der Waals surface area contributed by atoms with Crippen molar-refractivity contribution in [2.75, 3.05) is 33.4 Å². The summed E-state index contributed by atoms with van der Waals surface area (Å²) in [4.78, 5) is 23.2. The van der Waals surface area contributed by atoms with Crippen molar-refractivity contribution < 1.29 is 23.8 Å². The molecule has 2 rings (SSSR count). The Bertz CT molecular complexity index is 520. The Morgan fingerprint density at radius 1 is 1.23 bits per heavy atom. The number of amides is 2. The van der Waals surface area contributed by atoms with Crippen LogP contribution in [0.3, 0.4) is 0 Å². The molecule has 0 aliphatic carbocycles. The van der Waals surface area contributed by atoms with Crippen LogP contribution in [0, 0.1) is 0 Å². The van der Waals surface area contributed by atoms with E-state index < -0.39 is 11.8 Å². The normalized spacial score (nSPS) is 16.0. The second-order valence-corrected chi connectivity index (χ2v) is 4.81. The Kier molecular flexibility index (Phi) is 6.02. The number of carbonyl (C=O) groups is 2. The lowest BCUT2D eigenvalue weighted by Crippen LogP contribution is -2.46. The number of hydrogen-bond donors (Lipinski definition) is 2. The van der Waals surface area contributed by atoms with Gasteiger partial charge in [0.15, 0.2) is 11.5 Å². The standard InChI is InChI=1S/C15H20N2O5/c1-20-8-4-7-16-14(18)15(19)17-9-11-10-21-12-5-2-3-6-13(12)22-11/h2-3,5-6,11H,4,7-10H2,1H3,(H,16,18)(H,17,19). The van der Waals surface area contributed by atoms with Gasteiger partial charge in [0.25, 0.3) is 0 Å². The molecule has 0 bridgehead atoms. The molecule has 7 nitrogen and oxygen atoms in total. The molecule has 0 spiro atoms. The van der Waals surface area contributed by atoms with Gasteiger partial charge in [0.2, 0.25) is 0 Å². The topological polar surface area (TPSA) is 85.9 Å². The van der Waals surface area contributed by atoms with E-state index in [0.29, 0.717) is 37.7 Å². The van der Waals surface area contributed by atoms with E-state index in [1.54, 1.807) is 13.2 Å². The minimum absolute atomic E-state index is 0.207. The molecule has 0 fully saturated rings. The minimum Gasteiger partial charge on any atom is -0.486 e. The predicted molar refractivity (Wildman–Crippen MR) is 78.9 cm³/mol. The summed E-state index contributed by atoms with van der Waals surface area (Å²) in [6, 6.07) is 7.32. The monoisotopic (exact) mass is 308 g/mol. The maximum absolute atomic E-state index is 11.6. The molecule has 2 N–H and O–H groups in total. The summed E-state index contributed by atoms with van der Waals surface area (Å²) in [5.74, 6) is -0.0221. The van der Waals surface area contributed by atoms with Crippen LogP contribution in [-0.2, 0) is 14.3 Å². The van der Waals surface area contributed by atoms with Gasteiger partial charge in [-0.2, -0.15) is 0 Å². The molecule has 0 saturated carbocycles. The van der Waals surface area contributed by atoms with Gasteiger partial charge in [0.05, 0.1) is 6.54 Å². The number of benzene rings is 1. The first kappa shape index (κ1) is 16.1. The number of carbonyl (C=O) groups excluding carboxylic acids is 2. The highest BCUT2D eigenvalue weighted by molar-refractivity contribution is 6.35. The van der Waals surface area contributed by atoms with Crippen molar-refractivity contribution >= 4 is 11.8 Å². The van der Waals surface area contributed by atoms with E-state index in [4.69, 9.17) is 14.2 Å². The largest absolute Gasteiger partial charge is 0.486 e. The molecular weight excluding hydrogens is 288 g/mol. The van der Waals surface area contributed by atoms with Crippen molar-refractivity contribution in [1.29, 1.82) is 0 Å². The van der Waals surface area contributed by atoms with Crippen LogP contribution in [0.4, 0.5) is 0 Å². The van der Waals surface area contributed by atoms with Crippen LogP contribution >= 0.6 is 0 Å². The molecule has 7 heteroatoms. The fourth-order valence-corrected chi connectivity index (χ4v) is 1.95. The van der Waals surface area contributed by atoms with Crippen LogP contribution in [0.1, 0.15) is 6.42 Å². The fraction of sp³-hybridized carbons (Fsp3) is 0.467. The molecule has 2 amide bonds. The van der Waals surface area contributed by atoms with Gasteiger partial charge in [0.1, 0.15) is 12.7 Å². The molecule has 1 atom stereocenters. The number of rotatable bonds is 6. The number of methoxy groups -OCH3 is 1. The molecule has 22 heavy (non-hydrogen) atoms. The third kappa shape index (κ3) is 4.63. The minimum atomic E-state index is -0.681. The van der Waals surface area contributed by atoms with Gasteiger partial charge < -0.3 is 24.8 Å². The second kappa shape index (κ2) is 8.23. The highest BCUT2D eigenvalue weighted by atomic mass is 16.6. The smallest absolute Gasteiger partial charge is 0.309 e. The number of fused-ring (bicyclic) bond motifs is 1. The van der Waals surface area contributed by atoms with Crippen molar-refractivity contribution in [2.45, 2.75) is 12.5 Å². The Labute approximate surface area is 128 Å². The molecule has 120 valence electrons. The van der Waals surface area contributed by atoms with E-state index in [0.717, 1.165) is 0 Å². The maximum atomic E-state index is 11.6. The number of hydrogen-bond acceptors (Lipinski definition) is 5. The fourth-order valence-electron chi connectivity index (χ4n) is 1.95. The lowest BCUT2D eigenvalue weighted by atomic mass is 10.2. The summed E-state index contributed by atoms with van der Waals surface area (Å²) in [6.45, 7) is 1.47. The average Bonchev–Trinajstić information content (AvgIpc) is 2.56. The highest BCUT2D eigenvalue weighted by Gasteiger charge is 2.22. The van der Waals surface area contributed by atoms with Crippen molar-refractivity contribution in [3.63, 3.8) is 0 Å². The summed E-state index contributed by atoms with van der Waals surface area (Å²) >= 11 is 0. The first-order valence-corrected chi connectivity index (χ1v) is 7.14. The zero-order valence-electron chi connectivity index (χ0n) is 12.5. The van der Waals surface area contributed by atoms with Crippen molar-refractivity contribution in [3.05, 3.63) is 24.3 Å². The molecule has 1 aromatic rings. The lowest BCUT2D eigenvalue weighted by Gasteiger charge is -2.26. The van der Waals surface area contributed by atoms with Crippen molar-refractivity contribution in [1.82, 2.24) is 10.6 Å². The summed E-state index contributed by atoms with van der Waals surface area (Å²) in [6.07, 6.45) is 0.339. The Morgan fingerprint density at radius 2 is 1.95 bits per heavy atom. The third-order valence-electron chi connectivity index (χ3n) is 3.07. The summed E-state index contributed by atoms with van der Waals surface area (Å²) in [5, 5.41) is 5.05. The van der Waals surface area contributed by atoms with E-state index in [9.17, 15) is 9.59 Å². The summed E-state index contributed by atoms with van der Waals surface area (Å²) < 4.78 is 16.1. The molecule has 1 aromatic carbocycles. The Balaban J connectivity index is 1.70. The molecular formula is C15H20N2O5. The SMILES string of the molecule is COCCCNC(=O)C(=O)NCC1COc2ccccc2O1. The van der Waals surface area contributed by atoms with Gasteiger partial charge in [-0.3, -0.25) is 9.59 Å². The maximum Gasteiger partial charge on any atom is 0.309 e. The number of nitrogens with one attached hydrogen (secondary N) is 2. The van der Waals surface area contributed by atoms with Crippen molar-refractivity contribution in [3.8, 4) is 11.5 Å². The highest BCUT2D eigenvalue weighted by Crippen LogP contribution is 2.30. The van der Waals surface area contributed by atoms with Gasteiger partial charge in [-0.05, 0) is 18.6 Å². The zero-order valence-corrected chi connectivity index (χ0v) is 12.5. The van der Waals surface area contributed by atoms with E-state index >= 15 is 0 Å². The molecule has 1 aliphatic heterocycles. The van der Waals surface area contributed by atoms with Gasteiger partial charge in [-0.1, -0.05) is 12.1 Å². The molecule has 0 saturated heterocycles. The Hall–Kier alpha value is -2.28. The van der Waals surface area contributed by atoms with Crippen LogP contribution in [-0.4, -0.2) is 51.3 Å². The van der Waals surface area contributed by atoms with Gasteiger partial charge in [0, 0.05) is 20.3 Å². The predicted octanol–water partition coefficient (Wildman–Crippen LogP) is 0.0953. The van der Waals surface area contributed by atoms with Crippen LogP contribution in [0.2, 0.25) is 0 Å². The summed E-state index contributed by atoms with van der Waals surface area (Å²) in [5.41, 5.74) is 0. The van der Waals surface area contributed by atoms with E-state index in [1.165, 1.54) is 0 Å². The van der Waals surface area contributed by atoms with Crippen molar-refractivity contribution in [2.24, 2.45) is 0 Å². The van der Waals surface area contributed by atoms with Crippen LogP contribution in [0.5, 0.6) is 11.5 Å². The third-order valence-corrected chi connectivity index (χ3v) is 3.07. The quantitative estimate of drug-likeness (QED) is 0.575. The van der Waals surface area contributed by atoms with Gasteiger partial charge in [-0.25, -0.2) is 0 Å². The molecule has 1 heterocycles. The van der Waals surface area contributed by atoms with Crippen LogP contribution in [0.15, 0.2) is 24.3 Å². The van der Waals surface area contributed by atoms with E-state index in [1.807, 2.05) is 18.2 Å². The summed E-state index contributed by atoms with van der Waals surface area (Å²) in [7, 11) is 1.58. The Morgan fingerprint density at radius 3 is 2.73 bits per heavy atom. The first-order valence-electron chi connectivity index (χ1n) is 7.14. The molecule has 0 radical (unpaired) electrons. The molecule has 1 aliphatic rings. The zero-order chi connectivity index (χ0) is 15.8. The second-order valence-electron chi connectivity index (χ2n) is 4.81. The number of ether oxygens (including phenoxy) is 3. The average molecular weight is 308 g/mol. The molecule has 0 aromatic heterocycles.